The van der Waals surface area contributed by atoms with Crippen molar-refractivity contribution < 1.29 is 14.7 Å². The molecule has 0 saturated heterocycles. The Balaban J connectivity index is 2.11. The van der Waals surface area contributed by atoms with Gasteiger partial charge in [0.2, 0.25) is 0 Å². The van der Waals surface area contributed by atoms with Gasteiger partial charge in [0, 0.05) is 10.9 Å². The molecule has 1 fully saturated rings. The van der Waals surface area contributed by atoms with Crippen LogP contribution in [0.3, 0.4) is 0 Å². The topological polar surface area (TPSA) is 66.4 Å². The largest absolute Gasteiger partial charge is 0.480 e. The molecule has 4 atom stereocenters. The van der Waals surface area contributed by atoms with E-state index < -0.39 is 11.2 Å². The third-order valence-electron chi connectivity index (χ3n) is 4.81. The monoisotopic (exact) mass is 335 g/mol. The number of carbonyl (C=O) groups is 2. The fraction of sp³-hybridized carbons (Fsp3) is 0.556. The number of carboxylic acids is 1. The van der Waals surface area contributed by atoms with Crippen LogP contribution >= 0.6 is 11.8 Å². The number of carboxylic acid groups (broad SMARTS) is 1. The molecule has 2 rings (SSSR count). The lowest BCUT2D eigenvalue weighted by molar-refractivity contribution is -0.136. The molecule has 0 heterocycles. The van der Waals surface area contributed by atoms with E-state index in [-0.39, 0.29) is 11.9 Å². The molecule has 1 aromatic carbocycles. The number of benzene rings is 1. The van der Waals surface area contributed by atoms with Crippen molar-refractivity contribution in [2.45, 2.75) is 56.2 Å². The zero-order chi connectivity index (χ0) is 17.0. The molecule has 5 heteroatoms. The molecule has 0 radical (unpaired) electrons. The smallest absolute Gasteiger partial charge is 0.316 e. The second-order valence-electron chi connectivity index (χ2n) is 6.44. The van der Waals surface area contributed by atoms with Gasteiger partial charge in [-0.25, -0.2) is 0 Å². The molecule has 2 N–H and O–H groups in total. The highest BCUT2D eigenvalue weighted by molar-refractivity contribution is 8.00. The number of nitrogens with one attached hydrogen (secondary N) is 1. The molecule has 1 aromatic rings. The van der Waals surface area contributed by atoms with E-state index in [2.05, 4.69) is 19.2 Å². The fourth-order valence-electron chi connectivity index (χ4n) is 3.03. The van der Waals surface area contributed by atoms with Crippen LogP contribution in [0.4, 0.5) is 0 Å². The Morgan fingerprint density at radius 1 is 1.26 bits per heavy atom. The molecule has 126 valence electrons. The minimum atomic E-state index is -0.875. The van der Waals surface area contributed by atoms with E-state index in [0.717, 1.165) is 17.7 Å². The molecule has 1 saturated carbocycles. The zero-order valence-corrected chi connectivity index (χ0v) is 14.7. The Morgan fingerprint density at radius 3 is 2.65 bits per heavy atom. The summed E-state index contributed by atoms with van der Waals surface area (Å²) in [6, 6.07) is 7.42. The molecule has 0 aliphatic heterocycles. The van der Waals surface area contributed by atoms with Crippen molar-refractivity contribution in [3.8, 4) is 0 Å². The Morgan fingerprint density at radius 2 is 1.96 bits per heavy atom. The summed E-state index contributed by atoms with van der Waals surface area (Å²) in [5.41, 5.74) is 0.566. The average Bonchev–Trinajstić information content (AvgIpc) is 2.52. The first-order chi connectivity index (χ1) is 10.9. The molecule has 0 aromatic heterocycles. The SMILES string of the molecule is CC(Sc1ccccc1C(=O)NC1CCCC(C)C1C)C(=O)O. The zero-order valence-electron chi connectivity index (χ0n) is 13.9. The van der Waals surface area contributed by atoms with Gasteiger partial charge in [-0.3, -0.25) is 9.59 Å². The number of hydrogen-bond donors (Lipinski definition) is 2. The van der Waals surface area contributed by atoms with Crippen LogP contribution in [0.15, 0.2) is 29.2 Å². The number of thioether (sulfide) groups is 1. The third-order valence-corrected chi connectivity index (χ3v) is 5.97. The molecular formula is C18H25NO3S. The fourth-order valence-corrected chi connectivity index (χ4v) is 3.96. The summed E-state index contributed by atoms with van der Waals surface area (Å²) in [7, 11) is 0. The maximum Gasteiger partial charge on any atom is 0.316 e. The highest BCUT2D eigenvalue weighted by Crippen LogP contribution is 2.31. The predicted octanol–water partition coefficient (Wildman–Crippen LogP) is 3.81. The van der Waals surface area contributed by atoms with Gasteiger partial charge in [-0.1, -0.05) is 38.8 Å². The van der Waals surface area contributed by atoms with Gasteiger partial charge in [0.05, 0.1) is 5.56 Å². The van der Waals surface area contributed by atoms with Gasteiger partial charge in [-0.15, -0.1) is 11.8 Å². The van der Waals surface area contributed by atoms with E-state index in [9.17, 15) is 9.59 Å². The van der Waals surface area contributed by atoms with Crippen LogP contribution in [0, 0.1) is 11.8 Å². The van der Waals surface area contributed by atoms with Crippen molar-refractivity contribution in [3.05, 3.63) is 29.8 Å². The van der Waals surface area contributed by atoms with Crippen molar-refractivity contribution >= 4 is 23.6 Å². The van der Waals surface area contributed by atoms with Crippen LogP contribution < -0.4 is 5.32 Å². The van der Waals surface area contributed by atoms with Gasteiger partial charge in [-0.2, -0.15) is 0 Å². The van der Waals surface area contributed by atoms with Gasteiger partial charge in [0.25, 0.3) is 5.91 Å². The Kier molecular flexibility index (Phi) is 6.10. The van der Waals surface area contributed by atoms with Crippen LogP contribution in [0.5, 0.6) is 0 Å². The summed E-state index contributed by atoms with van der Waals surface area (Å²) in [6.07, 6.45) is 3.37. The van der Waals surface area contributed by atoms with Crippen molar-refractivity contribution in [2.75, 3.05) is 0 Å². The van der Waals surface area contributed by atoms with Crippen molar-refractivity contribution in [3.63, 3.8) is 0 Å². The van der Waals surface area contributed by atoms with Gasteiger partial charge >= 0.3 is 5.97 Å². The van der Waals surface area contributed by atoms with Gasteiger partial charge in [0.15, 0.2) is 0 Å². The lowest BCUT2D eigenvalue weighted by Gasteiger charge is -2.34. The molecule has 1 aliphatic rings. The van der Waals surface area contributed by atoms with E-state index in [1.54, 1.807) is 13.0 Å². The molecule has 1 amide bonds. The molecule has 23 heavy (non-hydrogen) atoms. The quantitative estimate of drug-likeness (QED) is 0.803. The van der Waals surface area contributed by atoms with E-state index in [1.807, 2.05) is 18.2 Å². The van der Waals surface area contributed by atoms with Crippen molar-refractivity contribution in [1.82, 2.24) is 5.32 Å². The molecular weight excluding hydrogens is 310 g/mol. The van der Waals surface area contributed by atoms with E-state index >= 15 is 0 Å². The molecule has 4 unspecified atom stereocenters. The van der Waals surface area contributed by atoms with E-state index in [0.29, 0.717) is 17.4 Å². The van der Waals surface area contributed by atoms with Crippen LogP contribution in [-0.2, 0) is 4.79 Å². The number of carbonyl (C=O) groups excluding carboxylic acids is 1. The van der Waals surface area contributed by atoms with E-state index in [1.165, 1.54) is 18.2 Å². The highest BCUT2D eigenvalue weighted by Gasteiger charge is 2.29. The lowest BCUT2D eigenvalue weighted by Crippen LogP contribution is -2.43. The van der Waals surface area contributed by atoms with Crippen LogP contribution in [-0.4, -0.2) is 28.3 Å². The Hall–Kier alpha value is -1.49. The van der Waals surface area contributed by atoms with Gasteiger partial charge in [0.1, 0.15) is 5.25 Å². The number of aliphatic carboxylic acids is 1. The van der Waals surface area contributed by atoms with Crippen LogP contribution in [0.2, 0.25) is 0 Å². The van der Waals surface area contributed by atoms with Gasteiger partial charge in [-0.05, 0) is 37.3 Å². The lowest BCUT2D eigenvalue weighted by atomic mass is 9.78. The molecule has 4 nitrogen and oxygen atoms in total. The summed E-state index contributed by atoms with van der Waals surface area (Å²) in [5.74, 6) is 0.104. The van der Waals surface area contributed by atoms with Gasteiger partial charge < -0.3 is 10.4 Å². The highest BCUT2D eigenvalue weighted by atomic mass is 32.2. The Bertz CT molecular complexity index is 575. The Labute approximate surface area is 142 Å². The molecule has 0 bridgehead atoms. The summed E-state index contributed by atoms with van der Waals surface area (Å²) in [6.45, 7) is 6.07. The molecule has 1 aliphatic carbocycles. The summed E-state index contributed by atoms with van der Waals surface area (Å²) in [5, 5.41) is 11.6. The predicted molar refractivity (Wildman–Crippen MR) is 92.8 cm³/mol. The minimum absolute atomic E-state index is 0.100. The van der Waals surface area contributed by atoms with E-state index in [4.69, 9.17) is 5.11 Å². The normalized spacial score (nSPS) is 25.6. The number of hydrogen-bond acceptors (Lipinski definition) is 3. The minimum Gasteiger partial charge on any atom is -0.480 e. The van der Waals surface area contributed by atoms with Crippen LogP contribution in [0.25, 0.3) is 0 Å². The standard InChI is InChI=1S/C18H25NO3S/c1-11-7-6-9-15(12(11)2)19-17(20)14-8-4-5-10-16(14)23-13(3)18(21)22/h4-5,8,10-13,15H,6-7,9H2,1-3H3,(H,19,20)(H,21,22). The second kappa shape index (κ2) is 7.86. The van der Waals surface area contributed by atoms with Crippen molar-refractivity contribution in [2.24, 2.45) is 11.8 Å². The maximum absolute atomic E-state index is 12.7. The number of amides is 1. The van der Waals surface area contributed by atoms with Crippen LogP contribution in [0.1, 0.15) is 50.4 Å². The first-order valence-electron chi connectivity index (χ1n) is 8.19. The summed E-state index contributed by atoms with van der Waals surface area (Å²) >= 11 is 1.21. The average molecular weight is 335 g/mol. The number of rotatable bonds is 5. The molecule has 0 spiro atoms. The maximum atomic E-state index is 12.7. The third kappa shape index (κ3) is 4.50. The first kappa shape index (κ1) is 17.9. The first-order valence-corrected chi connectivity index (χ1v) is 9.07. The second-order valence-corrected chi connectivity index (χ2v) is 7.82. The summed E-state index contributed by atoms with van der Waals surface area (Å²) < 4.78 is 0. The van der Waals surface area contributed by atoms with Crippen molar-refractivity contribution in [1.29, 1.82) is 0 Å². The summed E-state index contributed by atoms with van der Waals surface area (Å²) in [4.78, 5) is 24.4.